The number of amides is 1. The molecular formula is C15H33N3O. The Morgan fingerprint density at radius 1 is 1.11 bits per heavy atom. The van der Waals surface area contributed by atoms with Crippen LogP contribution in [0, 0.1) is 5.92 Å². The lowest BCUT2D eigenvalue weighted by atomic mass is 10.1. The molecule has 0 aromatic rings. The van der Waals surface area contributed by atoms with Crippen LogP contribution in [0.4, 0.5) is 0 Å². The van der Waals surface area contributed by atoms with Gasteiger partial charge in [-0.1, -0.05) is 20.8 Å². The molecule has 0 aliphatic heterocycles. The van der Waals surface area contributed by atoms with E-state index < -0.39 is 0 Å². The van der Waals surface area contributed by atoms with Gasteiger partial charge in [0.1, 0.15) is 0 Å². The van der Waals surface area contributed by atoms with E-state index in [9.17, 15) is 4.79 Å². The lowest BCUT2D eigenvalue weighted by molar-refractivity contribution is -0.131. The van der Waals surface area contributed by atoms with Crippen molar-refractivity contribution in [3.63, 3.8) is 0 Å². The third kappa shape index (κ3) is 8.22. The maximum absolute atomic E-state index is 12.1. The predicted octanol–water partition coefficient (Wildman–Crippen LogP) is 1.94. The van der Waals surface area contributed by atoms with Gasteiger partial charge in [-0.25, -0.2) is 0 Å². The summed E-state index contributed by atoms with van der Waals surface area (Å²) in [4.78, 5) is 16.5. The Morgan fingerprint density at radius 2 is 1.74 bits per heavy atom. The van der Waals surface area contributed by atoms with E-state index in [0.29, 0.717) is 18.9 Å². The minimum absolute atomic E-state index is 0.280. The topological polar surface area (TPSA) is 49.6 Å². The monoisotopic (exact) mass is 271 g/mol. The van der Waals surface area contributed by atoms with Gasteiger partial charge in [-0.05, 0) is 51.9 Å². The SMILES string of the molecule is CCN(CC)CCCN(CC)C(=O)CCC(C)CN. The summed E-state index contributed by atoms with van der Waals surface area (Å²) in [6, 6.07) is 0. The van der Waals surface area contributed by atoms with Crippen molar-refractivity contribution in [2.45, 2.75) is 47.0 Å². The van der Waals surface area contributed by atoms with E-state index >= 15 is 0 Å². The molecule has 114 valence electrons. The van der Waals surface area contributed by atoms with E-state index in [1.165, 1.54) is 0 Å². The van der Waals surface area contributed by atoms with E-state index in [4.69, 9.17) is 5.73 Å². The minimum atomic E-state index is 0.280. The molecule has 0 heterocycles. The van der Waals surface area contributed by atoms with Crippen LogP contribution in [0.5, 0.6) is 0 Å². The van der Waals surface area contributed by atoms with Crippen molar-refractivity contribution in [3.8, 4) is 0 Å². The molecule has 1 amide bonds. The van der Waals surface area contributed by atoms with E-state index in [-0.39, 0.29) is 5.91 Å². The van der Waals surface area contributed by atoms with Crippen LogP contribution in [-0.4, -0.2) is 55.0 Å². The predicted molar refractivity (Wildman–Crippen MR) is 82.1 cm³/mol. The van der Waals surface area contributed by atoms with Gasteiger partial charge >= 0.3 is 0 Å². The molecule has 0 aromatic heterocycles. The summed E-state index contributed by atoms with van der Waals surface area (Å²) in [6.45, 7) is 14.1. The van der Waals surface area contributed by atoms with Crippen LogP contribution in [0.1, 0.15) is 47.0 Å². The number of nitrogens with two attached hydrogens (primary N) is 1. The first-order valence-electron chi connectivity index (χ1n) is 7.79. The van der Waals surface area contributed by atoms with Crippen molar-refractivity contribution in [3.05, 3.63) is 0 Å². The lowest BCUT2D eigenvalue weighted by Gasteiger charge is -2.24. The van der Waals surface area contributed by atoms with Gasteiger partial charge in [0.25, 0.3) is 0 Å². The Balaban J connectivity index is 3.95. The second kappa shape index (κ2) is 11.2. The van der Waals surface area contributed by atoms with Gasteiger partial charge in [-0.15, -0.1) is 0 Å². The van der Waals surface area contributed by atoms with Crippen LogP contribution >= 0.6 is 0 Å². The fourth-order valence-corrected chi connectivity index (χ4v) is 2.13. The zero-order valence-electron chi connectivity index (χ0n) is 13.3. The second-order valence-corrected chi connectivity index (χ2v) is 5.23. The average molecular weight is 271 g/mol. The van der Waals surface area contributed by atoms with Gasteiger partial charge in [-0.3, -0.25) is 4.79 Å². The normalized spacial score (nSPS) is 12.7. The number of carbonyl (C=O) groups excluding carboxylic acids is 1. The number of carbonyl (C=O) groups is 1. The quantitative estimate of drug-likeness (QED) is 0.625. The summed E-state index contributed by atoms with van der Waals surface area (Å²) in [7, 11) is 0. The van der Waals surface area contributed by atoms with Crippen molar-refractivity contribution < 1.29 is 4.79 Å². The highest BCUT2D eigenvalue weighted by Crippen LogP contribution is 2.07. The Labute approximate surface area is 119 Å². The number of rotatable bonds is 11. The average Bonchev–Trinajstić information content (AvgIpc) is 2.44. The number of hydrogen-bond acceptors (Lipinski definition) is 3. The maximum Gasteiger partial charge on any atom is 0.222 e. The lowest BCUT2D eigenvalue weighted by Crippen LogP contribution is -2.34. The third-order valence-electron chi connectivity index (χ3n) is 3.78. The van der Waals surface area contributed by atoms with Gasteiger partial charge in [0.15, 0.2) is 0 Å². The molecule has 1 atom stereocenters. The Morgan fingerprint density at radius 3 is 2.21 bits per heavy atom. The highest BCUT2D eigenvalue weighted by Gasteiger charge is 2.12. The molecule has 0 radical (unpaired) electrons. The highest BCUT2D eigenvalue weighted by atomic mass is 16.2. The van der Waals surface area contributed by atoms with Crippen LogP contribution in [-0.2, 0) is 4.79 Å². The molecule has 0 saturated carbocycles. The van der Waals surface area contributed by atoms with Crippen molar-refractivity contribution in [1.29, 1.82) is 0 Å². The highest BCUT2D eigenvalue weighted by molar-refractivity contribution is 5.76. The molecule has 0 aromatic carbocycles. The van der Waals surface area contributed by atoms with Crippen LogP contribution < -0.4 is 5.73 Å². The molecule has 19 heavy (non-hydrogen) atoms. The van der Waals surface area contributed by atoms with E-state index in [1.807, 2.05) is 4.90 Å². The minimum Gasteiger partial charge on any atom is -0.343 e. The van der Waals surface area contributed by atoms with Crippen LogP contribution in [0.2, 0.25) is 0 Å². The molecule has 0 spiro atoms. The first kappa shape index (κ1) is 18.4. The molecule has 0 aliphatic carbocycles. The molecule has 0 fully saturated rings. The van der Waals surface area contributed by atoms with E-state index in [1.54, 1.807) is 0 Å². The molecule has 0 saturated heterocycles. The number of nitrogens with zero attached hydrogens (tertiary/aromatic N) is 2. The van der Waals surface area contributed by atoms with Gasteiger partial charge < -0.3 is 15.5 Å². The van der Waals surface area contributed by atoms with Crippen LogP contribution in [0.3, 0.4) is 0 Å². The van der Waals surface area contributed by atoms with Gasteiger partial charge in [0, 0.05) is 19.5 Å². The van der Waals surface area contributed by atoms with E-state index in [0.717, 1.165) is 45.6 Å². The standard InChI is InChI=1S/C15H33N3O/c1-5-17(6-2)11-8-12-18(7-3)15(19)10-9-14(4)13-16/h14H,5-13,16H2,1-4H3. The van der Waals surface area contributed by atoms with Gasteiger partial charge in [0.2, 0.25) is 5.91 Å². The van der Waals surface area contributed by atoms with Gasteiger partial charge in [-0.2, -0.15) is 0 Å². The molecule has 2 N–H and O–H groups in total. The zero-order valence-corrected chi connectivity index (χ0v) is 13.3. The Hall–Kier alpha value is -0.610. The smallest absolute Gasteiger partial charge is 0.222 e. The molecule has 0 aliphatic rings. The van der Waals surface area contributed by atoms with E-state index in [2.05, 4.69) is 32.6 Å². The molecule has 1 unspecified atom stereocenters. The molecule has 0 bridgehead atoms. The summed E-state index contributed by atoms with van der Waals surface area (Å²) >= 11 is 0. The number of hydrogen-bond donors (Lipinski definition) is 1. The second-order valence-electron chi connectivity index (χ2n) is 5.23. The van der Waals surface area contributed by atoms with Crippen molar-refractivity contribution >= 4 is 5.91 Å². The molecular weight excluding hydrogens is 238 g/mol. The maximum atomic E-state index is 12.1. The summed E-state index contributed by atoms with van der Waals surface area (Å²) < 4.78 is 0. The zero-order chi connectivity index (χ0) is 14.7. The van der Waals surface area contributed by atoms with Crippen LogP contribution in [0.15, 0.2) is 0 Å². The molecule has 4 nitrogen and oxygen atoms in total. The summed E-state index contributed by atoms with van der Waals surface area (Å²) in [5.41, 5.74) is 5.58. The van der Waals surface area contributed by atoms with Crippen molar-refractivity contribution in [2.24, 2.45) is 11.7 Å². The summed E-state index contributed by atoms with van der Waals surface area (Å²) in [5, 5.41) is 0. The molecule has 4 heteroatoms. The third-order valence-corrected chi connectivity index (χ3v) is 3.78. The van der Waals surface area contributed by atoms with Crippen molar-refractivity contribution in [1.82, 2.24) is 9.80 Å². The first-order chi connectivity index (χ1) is 9.08. The largest absolute Gasteiger partial charge is 0.343 e. The molecule has 0 rings (SSSR count). The Bertz CT molecular complexity index is 229. The summed E-state index contributed by atoms with van der Waals surface area (Å²) in [5.74, 6) is 0.723. The fraction of sp³-hybridized carbons (Fsp3) is 0.933. The van der Waals surface area contributed by atoms with Crippen LogP contribution in [0.25, 0.3) is 0 Å². The fourth-order valence-electron chi connectivity index (χ4n) is 2.13. The first-order valence-corrected chi connectivity index (χ1v) is 7.79. The Kier molecular flexibility index (Phi) is 10.9. The van der Waals surface area contributed by atoms with Gasteiger partial charge in [0.05, 0.1) is 0 Å². The van der Waals surface area contributed by atoms with Crippen molar-refractivity contribution in [2.75, 3.05) is 39.3 Å². The summed E-state index contributed by atoms with van der Waals surface area (Å²) in [6.07, 6.45) is 2.60.